The average molecular weight is 448 g/mol. The summed E-state index contributed by atoms with van der Waals surface area (Å²) < 4.78 is 0. The molecule has 0 saturated carbocycles. The summed E-state index contributed by atoms with van der Waals surface area (Å²) >= 11 is 12.1. The minimum absolute atomic E-state index is 0.0830. The van der Waals surface area contributed by atoms with E-state index in [9.17, 15) is 9.59 Å². The Morgan fingerprint density at radius 1 is 1.03 bits per heavy atom. The molecule has 1 unspecified atom stereocenters. The summed E-state index contributed by atoms with van der Waals surface area (Å²) in [6.07, 6.45) is 1.88. The fraction of sp³-hybridized carbons (Fsp3) is 0.391. The molecule has 30 heavy (non-hydrogen) atoms. The van der Waals surface area contributed by atoms with E-state index in [1.807, 2.05) is 31.2 Å². The zero-order valence-electron chi connectivity index (χ0n) is 17.3. The van der Waals surface area contributed by atoms with Gasteiger partial charge in [0, 0.05) is 29.7 Å². The molecular formula is C23H27Cl2N3O2. The molecule has 0 radical (unpaired) electrons. The Morgan fingerprint density at radius 2 is 1.67 bits per heavy atom. The number of nitrogens with zero attached hydrogens (tertiary/aromatic N) is 2. The lowest BCUT2D eigenvalue weighted by Crippen LogP contribution is -2.52. The number of carbonyl (C=O) groups excluding carboxylic acids is 2. The predicted octanol–water partition coefficient (Wildman–Crippen LogP) is 4.69. The summed E-state index contributed by atoms with van der Waals surface area (Å²) in [7, 11) is 0. The van der Waals surface area contributed by atoms with Crippen molar-refractivity contribution in [1.82, 2.24) is 5.32 Å². The predicted molar refractivity (Wildman–Crippen MR) is 124 cm³/mol. The third-order valence-corrected chi connectivity index (χ3v) is 5.48. The second kappa shape index (κ2) is 10.2. The molecule has 1 aliphatic heterocycles. The lowest BCUT2D eigenvalue weighted by Gasteiger charge is -2.26. The van der Waals surface area contributed by atoms with Gasteiger partial charge in [0.15, 0.2) is 0 Å². The molecule has 0 aliphatic carbocycles. The van der Waals surface area contributed by atoms with Crippen LogP contribution in [0.1, 0.15) is 32.3 Å². The zero-order valence-corrected chi connectivity index (χ0v) is 18.8. The molecule has 0 fully saturated rings. The van der Waals surface area contributed by atoms with Crippen molar-refractivity contribution in [3.8, 4) is 0 Å². The Kier molecular flexibility index (Phi) is 7.62. The van der Waals surface area contributed by atoms with E-state index in [2.05, 4.69) is 17.1 Å². The van der Waals surface area contributed by atoms with Crippen LogP contribution in [0, 0.1) is 0 Å². The molecule has 3 rings (SSSR count). The monoisotopic (exact) mass is 447 g/mol. The number of fused-ring (bicyclic) bond motifs is 1. The van der Waals surface area contributed by atoms with Crippen LogP contribution in [-0.4, -0.2) is 37.5 Å². The van der Waals surface area contributed by atoms with Crippen LogP contribution in [0.2, 0.25) is 10.0 Å². The van der Waals surface area contributed by atoms with Gasteiger partial charge in [-0.1, -0.05) is 49.2 Å². The first kappa shape index (κ1) is 22.4. The Balaban J connectivity index is 1.84. The second-order valence-corrected chi connectivity index (χ2v) is 8.37. The molecule has 2 aromatic carbocycles. The number of nitrogens with one attached hydrogen (secondary N) is 1. The van der Waals surface area contributed by atoms with Crippen LogP contribution in [0.5, 0.6) is 0 Å². The summed E-state index contributed by atoms with van der Waals surface area (Å²) in [6.45, 7) is 6.00. The average Bonchev–Trinajstić information content (AvgIpc) is 2.79. The van der Waals surface area contributed by atoms with E-state index in [0.29, 0.717) is 28.7 Å². The van der Waals surface area contributed by atoms with Crippen molar-refractivity contribution in [2.75, 3.05) is 29.4 Å². The highest BCUT2D eigenvalue weighted by Gasteiger charge is 2.33. The molecule has 2 amide bonds. The van der Waals surface area contributed by atoms with Gasteiger partial charge in [-0.3, -0.25) is 9.59 Å². The molecule has 0 aromatic heterocycles. The molecule has 7 heteroatoms. The van der Waals surface area contributed by atoms with Gasteiger partial charge in [-0.2, -0.15) is 0 Å². The molecular weight excluding hydrogens is 421 g/mol. The van der Waals surface area contributed by atoms with E-state index in [1.165, 1.54) is 0 Å². The molecule has 1 heterocycles. The van der Waals surface area contributed by atoms with Crippen LogP contribution in [0.15, 0.2) is 42.5 Å². The van der Waals surface area contributed by atoms with Crippen molar-refractivity contribution < 1.29 is 9.59 Å². The molecule has 0 bridgehead atoms. The fourth-order valence-corrected chi connectivity index (χ4v) is 4.42. The second-order valence-electron chi connectivity index (χ2n) is 7.50. The zero-order chi connectivity index (χ0) is 21.7. The van der Waals surface area contributed by atoms with E-state index >= 15 is 0 Å². The minimum Gasteiger partial charge on any atom is -0.367 e. The SMILES string of the molecule is CCCN1CC(NC(=O)Cc2cc(Cl)cc(Cl)c2)C(=O)N(CCC)c2ccccc21. The van der Waals surface area contributed by atoms with Gasteiger partial charge in [-0.15, -0.1) is 0 Å². The number of rotatable bonds is 7. The van der Waals surface area contributed by atoms with Crippen LogP contribution in [0.25, 0.3) is 0 Å². The van der Waals surface area contributed by atoms with Gasteiger partial charge < -0.3 is 15.1 Å². The first-order chi connectivity index (χ1) is 14.4. The highest BCUT2D eigenvalue weighted by atomic mass is 35.5. The summed E-state index contributed by atoms with van der Waals surface area (Å²) in [6, 6.07) is 12.4. The fourth-order valence-electron chi connectivity index (χ4n) is 3.85. The Hall–Kier alpha value is -2.24. The number of benzene rings is 2. The van der Waals surface area contributed by atoms with Gasteiger partial charge in [0.25, 0.3) is 5.91 Å². The minimum atomic E-state index is -0.627. The summed E-state index contributed by atoms with van der Waals surface area (Å²) in [5, 5.41) is 3.91. The van der Waals surface area contributed by atoms with Crippen molar-refractivity contribution in [2.45, 2.75) is 39.2 Å². The normalized spacial score (nSPS) is 16.3. The highest BCUT2D eigenvalue weighted by molar-refractivity contribution is 6.34. The summed E-state index contributed by atoms with van der Waals surface area (Å²) in [5.74, 6) is -0.314. The molecule has 160 valence electrons. The largest absolute Gasteiger partial charge is 0.367 e. The van der Waals surface area contributed by atoms with Gasteiger partial charge in [0.05, 0.1) is 17.8 Å². The maximum absolute atomic E-state index is 13.4. The molecule has 0 saturated heterocycles. The number of hydrogen-bond acceptors (Lipinski definition) is 3. The van der Waals surface area contributed by atoms with Gasteiger partial charge in [0.2, 0.25) is 5.91 Å². The van der Waals surface area contributed by atoms with Crippen molar-refractivity contribution in [3.63, 3.8) is 0 Å². The Labute approximate surface area is 187 Å². The van der Waals surface area contributed by atoms with Crippen LogP contribution < -0.4 is 15.1 Å². The van der Waals surface area contributed by atoms with E-state index in [-0.39, 0.29) is 18.2 Å². The van der Waals surface area contributed by atoms with Crippen LogP contribution >= 0.6 is 23.2 Å². The molecule has 5 nitrogen and oxygen atoms in total. The van der Waals surface area contributed by atoms with Gasteiger partial charge in [-0.05, 0) is 48.7 Å². The van der Waals surface area contributed by atoms with E-state index in [1.54, 1.807) is 23.1 Å². The smallest absolute Gasteiger partial charge is 0.251 e. The molecule has 1 N–H and O–H groups in total. The maximum atomic E-state index is 13.4. The van der Waals surface area contributed by atoms with Gasteiger partial charge >= 0.3 is 0 Å². The molecule has 1 aliphatic rings. The van der Waals surface area contributed by atoms with Crippen molar-refractivity contribution in [2.24, 2.45) is 0 Å². The number of carbonyl (C=O) groups is 2. The van der Waals surface area contributed by atoms with Crippen molar-refractivity contribution in [1.29, 1.82) is 0 Å². The van der Waals surface area contributed by atoms with E-state index < -0.39 is 6.04 Å². The Bertz CT molecular complexity index is 899. The highest BCUT2D eigenvalue weighted by Crippen LogP contribution is 2.33. The molecule has 2 aromatic rings. The van der Waals surface area contributed by atoms with Gasteiger partial charge in [-0.25, -0.2) is 0 Å². The van der Waals surface area contributed by atoms with Crippen molar-refractivity contribution >= 4 is 46.4 Å². The van der Waals surface area contributed by atoms with Crippen molar-refractivity contribution in [3.05, 3.63) is 58.1 Å². The number of halogens is 2. The van der Waals surface area contributed by atoms with E-state index in [4.69, 9.17) is 23.2 Å². The van der Waals surface area contributed by atoms with Crippen LogP contribution in [0.4, 0.5) is 11.4 Å². The lowest BCUT2D eigenvalue weighted by molar-refractivity contribution is -0.127. The van der Waals surface area contributed by atoms with Gasteiger partial charge in [0.1, 0.15) is 6.04 Å². The Morgan fingerprint density at radius 3 is 2.30 bits per heavy atom. The van der Waals surface area contributed by atoms with Crippen LogP contribution in [0.3, 0.4) is 0 Å². The molecule has 0 spiro atoms. The summed E-state index contributed by atoms with van der Waals surface area (Å²) in [4.78, 5) is 30.1. The summed E-state index contributed by atoms with van der Waals surface area (Å²) in [5.41, 5.74) is 2.64. The number of hydrogen-bond donors (Lipinski definition) is 1. The topological polar surface area (TPSA) is 52.7 Å². The third kappa shape index (κ3) is 5.27. The van der Waals surface area contributed by atoms with E-state index in [0.717, 1.165) is 30.8 Å². The van der Waals surface area contributed by atoms with Crippen LogP contribution in [-0.2, 0) is 16.0 Å². The standard InChI is InChI=1S/C23H27Cl2N3O2/c1-3-9-27-15-19(26-22(29)13-16-11-17(24)14-18(25)12-16)23(30)28(10-4-2)21-8-6-5-7-20(21)27/h5-8,11-12,14,19H,3-4,9-10,13,15H2,1-2H3,(H,26,29). The third-order valence-electron chi connectivity index (χ3n) is 5.04. The number of amides is 2. The lowest BCUT2D eigenvalue weighted by atomic mass is 10.1. The first-order valence-corrected chi connectivity index (χ1v) is 11.1. The number of para-hydroxylation sites is 2. The number of anilines is 2. The first-order valence-electron chi connectivity index (χ1n) is 10.3. The molecule has 1 atom stereocenters. The maximum Gasteiger partial charge on any atom is 0.251 e. The quantitative estimate of drug-likeness (QED) is 0.669.